The second-order valence-electron chi connectivity index (χ2n) is 12.0. The molecule has 0 aliphatic heterocycles. The molecule has 0 unspecified atom stereocenters. The van der Waals surface area contributed by atoms with E-state index in [4.69, 9.17) is 34.4 Å². The van der Waals surface area contributed by atoms with Crippen molar-refractivity contribution < 1.29 is 33.9 Å². The highest BCUT2D eigenvalue weighted by Crippen LogP contribution is 2.08. The van der Waals surface area contributed by atoms with Crippen LogP contribution in [0, 0.1) is 5.92 Å². The van der Waals surface area contributed by atoms with Gasteiger partial charge >= 0.3 is 5.97 Å². The Morgan fingerprint density at radius 1 is 0.633 bits per heavy atom. The number of carbonyl (C=O) groups excluding carboxylic acids is 5. The van der Waals surface area contributed by atoms with E-state index in [1.165, 1.54) is 6.92 Å². The maximum absolute atomic E-state index is 13.3. The van der Waals surface area contributed by atoms with Crippen molar-refractivity contribution in [2.45, 2.75) is 102 Å². The molecular weight excluding hydrogens is 642 g/mol. The highest BCUT2D eigenvalue weighted by Gasteiger charge is 2.29. The summed E-state index contributed by atoms with van der Waals surface area (Å²) < 4.78 is 0. The van der Waals surface area contributed by atoms with Crippen molar-refractivity contribution in [3.05, 3.63) is 0 Å². The van der Waals surface area contributed by atoms with Crippen LogP contribution < -0.4 is 61.0 Å². The third kappa shape index (κ3) is 21.0. The number of rotatable bonds is 25. The van der Waals surface area contributed by atoms with Crippen LogP contribution in [0.3, 0.4) is 0 Å². The number of aliphatic carboxylic acids is 1. The van der Waals surface area contributed by atoms with E-state index in [0.29, 0.717) is 25.8 Å². The molecule has 280 valence electrons. The molecule has 0 saturated heterocycles. The van der Waals surface area contributed by atoms with Crippen molar-refractivity contribution in [2.24, 2.45) is 50.3 Å². The highest BCUT2D eigenvalue weighted by atomic mass is 16.4. The van der Waals surface area contributed by atoms with E-state index in [0.717, 1.165) is 0 Å². The summed E-state index contributed by atoms with van der Waals surface area (Å²) in [4.78, 5) is 84.2. The molecule has 0 aromatic rings. The molecule has 0 heterocycles. The Bertz CT molecular complexity index is 1140. The van der Waals surface area contributed by atoms with Crippen LogP contribution in [0.1, 0.15) is 72.1 Å². The van der Waals surface area contributed by atoms with Crippen LogP contribution in [0.4, 0.5) is 0 Å². The largest absolute Gasteiger partial charge is 0.480 e. The first-order valence-electron chi connectivity index (χ1n) is 16.3. The Hall–Kier alpha value is -4.72. The summed E-state index contributed by atoms with van der Waals surface area (Å²) in [5, 5.41) is 22.1. The molecular formula is C29H57N13O7. The standard InChI is InChI=1S/C29H57N13O7/c1-16(2)14-21(27(48)49)42-25(46)19(8-4-5-11-30)39-22(43)15-38-24(45)18(9-6-12-36-28(32)33)41-26(47)20(40-23(44)17(3)31)10-7-13-37-29(34)35/h16-21H,4-15,30-31H2,1-3H3,(H,38,45)(H,39,43)(H,40,44)(H,41,47)(H,42,46)(H,48,49)(H4,32,33,36)(H4,34,35,37)/t17-,18-,19-,20-,21-/m0/s1. The maximum atomic E-state index is 13.3. The normalized spacial score (nSPS) is 13.8. The first kappa shape index (κ1) is 44.3. The number of hydrogen-bond acceptors (Lipinski definition) is 10. The second-order valence-corrected chi connectivity index (χ2v) is 12.0. The zero-order valence-electron chi connectivity index (χ0n) is 28.7. The van der Waals surface area contributed by atoms with Gasteiger partial charge in [-0.3, -0.25) is 34.0 Å². The highest BCUT2D eigenvalue weighted by molar-refractivity contribution is 5.95. The van der Waals surface area contributed by atoms with Crippen molar-refractivity contribution in [3.8, 4) is 0 Å². The van der Waals surface area contributed by atoms with Crippen LogP contribution in [0.5, 0.6) is 0 Å². The molecule has 20 heteroatoms. The lowest BCUT2D eigenvalue weighted by molar-refractivity contribution is -0.142. The number of unbranched alkanes of at least 4 members (excludes halogenated alkanes) is 1. The summed E-state index contributed by atoms with van der Waals surface area (Å²) >= 11 is 0. The van der Waals surface area contributed by atoms with E-state index in [2.05, 4.69) is 36.6 Å². The van der Waals surface area contributed by atoms with E-state index in [1.807, 2.05) is 13.8 Å². The summed E-state index contributed by atoms with van der Waals surface area (Å²) in [5.41, 5.74) is 32.7. The molecule has 0 aliphatic rings. The van der Waals surface area contributed by atoms with Gasteiger partial charge in [0.1, 0.15) is 24.2 Å². The van der Waals surface area contributed by atoms with Gasteiger partial charge in [0.05, 0.1) is 12.6 Å². The predicted octanol–water partition coefficient (Wildman–Crippen LogP) is -4.24. The SMILES string of the molecule is CC(C)C[C@H](NC(=O)[C@H](CCCCN)NC(=O)CNC(=O)[C@H](CCCN=C(N)N)NC(=O)[C@H](CCCN=C(N)N)NC(=O)[C@H](C)N)C(=O)O. The molecule has 20 nitrogen and oxygen atoms in total. The fraction of sp³-hybridized carbons (Fsp3) is 0.724. The molecule has 0 radical (unpaired) electrons. The molecule has 0 aliphatic carbocycles. The van der Waals surface area contributed by atoms with E-state index in [-0.39, 0.29) is 63.0 Å². The summed E-state index contributed by atoms with van der Waals surface area (Å²) in [6.07, 6.45) is 2.12. The van der Waals surface area contributed by atoms with Gasteiger partial charge in [-0.2, -0.15) is 0 Å². The molecule has 0 bridgehead atoms. The number of nitrogens with one attached hydrogen (secondary N) is 5. The third-order valence-electron chi connectivity index (χ3n) is 6.91. The van der Waals surface area contributed by atoms with Crippen molar-refractivity contribution >= 4 is 47.4 Å². The molecule has 0 aromatic carbocycles. The molecule has 5 amide bonds. The number of hydrogen-bond donors (Lipinski definition) is 12. The molecule has 0 aromatic heterocycles. The van der Waals surface area contributed by atoms with Gasteiger partial charge in [-0.05, 0) is 70.8 Å². The van der Waals surface area contributed by atoms with Crippen LogP contribution in [-0.2, 0) is 28.8 Å². The first-order chi connectivity index (χ1) is 23.0. The van der Waals surface area contributed by atoms with Gasteiger partial charge < -0.3 is 66.1 Å². The predicted molar refractivity (Wildman–Crippen MR) is 184 cm³/mol. The quantitative estimate of drug-likeness (QED) is 0.0244. The number of guanidine groups is 2. The second kappa shape index (κ2) is 24.4. The Morgan fingerprint density at radius 2 is 1.08 bits per heavy atom. The van der Waals surface area contributed by atoms with Gasteiger partial charge in [-0.15, -0.1) is 0 Å². The number of carbonyl (C=O) groups is 6. The molecule has 0 rings (SSSR count). The molecule has 0 fully saturated rings. The third-order valence-corrected chi connectivity index (χ3v) is 6.91. The number of nitrogens with two attached hydrogens (primary N) is 6. The van der Waals surface area contributed by atoms with E-state index in [9.17, 15) is 33.9 Å². The smallest absolute Gasteiger partial charge is 0.326 e. The van der Waals surface area contributed by atoms with Crippen LogP contribution in [-0.4, -0.2) is 109 Å². The van der Waals surface area contributed by atoms with E-state index in [1.54, 1.807) is 0 Å². The number of aliphatic imine (C=N–C) groups is 2. The van der Waals surface area contributed by atoms with Gasteiger partial charge in [0.25, 0.3) is 0 Å². The van der Waals surface area contributed by atoms with Crippen LogP contribution in [0.2, 0.25) is 0 Å². The fourth-order valence-corrected chi connectivity index (χ4v) is 4.38. The zero-order valence-corrected chi connectivity index (χ0v) is 28.7. The summed E-state index contributed by atoms with van der Waals surface area (Å²) in [5.74, 6) is -4.98. The van der Waals surface area contributed by atoms with Crippen molar-refractivity contribution in [1.29, 1.82) is 0 Å². The van der Waals surface area contributed by atoms with Gasteiger partial charge in [-0.1, -0.05) is 13.8 Å². The van der Waals surface area contributed by atoms with Gasteiger partial charge in [-0.25, -0.2) is 4.79 Å². The van der Waals surface area contributed by atoms with Gasteiger partial charge in [0, 0.05) is 13.1 Å². The van der Waals surface area contributed by atoms with Crippen LogP contribution >= 0.6 is 0 Å². The fourth-order valence-electron chi connectivity index (χ4n) is 4.38. The van der Waals surface area contributed by atoms with Crippen LogP contribution in [0.25, 0.3) is 0 Å². The van der Waals surface area contributed by atoms with Crippen molar-refractivity contribution in [2.75, 3.05) is 26.2 Å². The lowest BCUT2D eigenvalue weighted by Gasteiger charge is -2.24. The Balaban J connectivity index is 5.77. The molecule has 18 N–H and O–H groups in total. The molecule has 49 heavy (non-hydrogen) atoms. The van der Waals surface area contributed by atoms with Crippen LogP contribution in [0.15, 0.2) is 9.98 Å². The molecule has 5 atom stereocenters. The Morgan fingerprint density at radius 3 is 1.53 bits per heavy atom. The molecule has 0 spiro atoms. The average molecular weight is 700 g/mol. The minimum Gasteiger partial charge on any atom is -0.480 e. The average Bonchev–Trinajstić information content (AvgIpc) is 3.01. The molecule has 0 saturated carbocycles. The zero-order chi connectivity index (χ0) is 37.5. The van der Waals surface area contributed by atoms with Gasteiger partial charge in [0.15, 0.2) is 11.9 Å². The number of nitrogens with zero attached hydrogens (tertiary/aromatic N) is 2. The van der Waals surface area contributed by atoms with Crippen molar-refractivity contribution in [1.82, 2.24) is 26.6 Å². The van der Waals surface area contributed by atoms with E-state index < -0.39 is 72.3 Å². The monoisotopic (exact) mass is 699 g/mol. The Labute approximate surface area is 286 Å². The van der Waals surface area contributed by atoms with E-state index >= 15 is 0 Å². The lowest BCUT2D eigenvalue weighted by atomic mass is 10.0. The van der Waals surface area contributed by atoms with Crippen molar-refractivity contribution in [3.63, 3.8) is 0 Å². The van der Waals surface area contributed by atoms with Gasteiger partial charge in [0.2, 0.25) is 29.5 Å². The minimum absolute atomic E-state index is 0.0183. The maximum Gasteiger partial charge on any atom is 0.326 e. The summed E-state index contributed by atoms with van der Waals surface area (Å²) in [6.45, 7) is 5.17. The Kier molecular flexibility index (Phi) is 22.1. The summed E-state index contributed by atoms with van der Waals surface area (Å²) in [6, 6.07) is -5.44. The number of amides is 5. The first-order valence-corrected chi connectivity index (χ1v) is 16.3. The lowest BCUT2D eigenvalue weighted by Crippen LogP contribution is -2.56. The summed E-state index contributed by atoms with van der Waals surface area (Å²) in [7, 11) is 0. The minimum atomic E-state index is -1.21. The topological polar surface area (TPSA) is 364 Å². The number of carboxylic acids is 1. The number of carboxylic acid groups (broad SMARTS) is 1.